The van der Waals surface area contributed by atoms with Gasteiger partial charge in [0.2, 0.25) is 0 Å². The van der Waals surface area contributed by atoms with Gasteiger partial charge in [-0.15, -0.1) is 0 Å². The second-order valence-corrected chi connectivity index (χ2v) is 35.9. The summed E-state index contributed by atoms with van der Waals surface area (Å²) in [5, 5.41) is 10.7. The molecule has 0 rings (SSSR count). The van der Waals surface area contributed by atoms with E-state index in [1.165, 1.54) is 250 Å². The summed E-state index contributed by atoms with van der Waals surface area (Å²) in [5.41, 5.74) is 0. The van der Waals surface area contributed by atoms with Gasteiger partial charge < -0.3 is 33.8 Å². The van der Waals surface area contributed by atoms with Crippen molar-refractivity contribution in [1.82, 2.24) is 0 Å². The lowest BCUT2D eigenvalue weighted by Crippen LogP contribution is -2.30. The molecule has 3 unspecified atom stereocenters. The minimum atomic E-state index is -4.97. The van der Waals surface area contributed by atoms with Crippen LogP contribution in [0.5, 0.6) is 0 Å². The van der Waals surface area contributed by atoms with Gasteiger partial charge in [-0.2, -0.15) is 0 Å². The second-order valence-electron chi connectivity index (χ2n) is 33.0. The summed E-state index contributed by atoms with van der Waals surface area (Å²) in [6.07, 6.45) is 65.4. The van der Waals surface area contributed by atoms with E-state index in [1.807, 2.05) is 0 Å². The van der Waals surface area contributed by atoms with Crippen LogP contribution in [0.25, 0.3) is 0 Å². The molecule has 0 radical (unpaired) electrons. The van der Waals surface area contributed by atoms with Gasteiger partial charge in [-0.05, 0) is 49.4 Å². The van der Waals surface area contributed by atoms with E-state index in [4.69, 9.17) is 37.0 Å². The molecule has 6 atom stereocenters. The molecule has 19 heteroatoms. The number of esters is 4. The monoisotopic (exact) mass is 1550 g/mol. The Balaban J connectivity index is 5.18. The quantitative estimate of drug-likeness (QED) is 0.0222. The van der Waals surface area contributed by atoms with Crippen LogP contribution in [0.1, 0.15) is 453 Å². The van der Waals surface area contributed by atoms with E-state index in [0.29, 0.717) is 25.7 Å². The fraction of sp³-hybridized carbons (Fsp3) is 0.954. The van der Waals surface area contributed by atoms with Gasteiger partial charge in [-0.25, -0.2) is 9.13 Å². The molecule has 106 heavy (non-hydrogen) atoms. The van der Waals surface area contributed by atoms with E-state index >= 15 is 0 Å². The van der Waals surface area contributed by atoms with Gasteiger partial charge in [0.25, 0.3) is 0 Å². The number of carbonyl (C=O) groups is 4. The molecule has 0 aliphatic heterocycles. The molecular weight excluding hydrogens is 1380 g/mol. The van der Waals surface area contributed by atoms with Crippen molar-refractivity contribution >= 4 is 39.5 Å². The number of aliphatic hydroxyl groups excluding tert-OH is 1. The fourth-order valence-corrected chi connectivity index (χ4v) is 15.0. The van der Waals surface area contributed by atoms with Gasteiger partial charge in [0.05, 0.1) is 26.4 Å². The van der Waals surface area contributed by atoms with Gasteiger partial charge in [-0.3, -0.25) is 37.3 Å². The van der Waals surface area contributed by atoms with E-state index in [0.717, 1.165) is 120 Å². The van der Waals surface area contributed by atoms with Crippen molar-refractivity contribution in [3.05, 3.63) is 0 Å². The van der Waals surface area contributed by atoms with Crippen LogP contribution in [0.2, 0.25) is 0 Å². The lowest BCUT2D eigenvalue weighted by atomic mass is 10.00. The van der Waals surface area contributed by atoms with Gasteiger partial charge in [0.1, 0.15) is 19.3 Å². The number of ether oxygens (including phenoxy) is 4. The number of hydrogen-bond donors (Lipinski definition) is 3. The molecule has 0 aromatic carbocycles. The Kier molecular flexibility index (Phi) is 74.3. The highest BCUT2D eigenvalue weighted by Crippen LogP contribution is 2.45. The Bertz CT molecular complexity index is 2060. The molecule has 0 heterocycles. The van der Waals surface area contributed by atoms with Crippen LogP contribution < -0.4 is 0 Å². The Morgan fingerprint density at radius 1 is 0.264 bits per heavy atom. The van der Waals surface area contributed by atoms with Gasteiger partial charge in [0, 0.05) is 25.7 Å². The number of aliphatic hydroxyl groups is 1. The molecule has 3 N–H and O–H groups in total. The lowest BCUT2D eigenvalue weighted by molar-refractivity contribution is -0.161. The number of unbranched alkanes of at least 4 members (excludes halogenated alkanes) is 49. The summed E-state index contributed by atoms with van der Waals surface area (Å²) in [5.74, 6) is 1.03. The third kappa shape index (κ3) is 78.7. The first-order valence-electron chi connectivity index (χ1n) is 44.7. The van der Waals surface area contributed by atoms with Crippen LogP contribution >= 0.6 is 15.6 Å². The third-order valence-corrected chi connectivity index (χ3v) is 22.6. The maximum absolute atomic E-state index is 13.1. The predicted octanol–water partition coefficient (Wildman–Crippen LogP) is 26.3. The van der Waals surface area contributed by atoms with Crippen molar-refractivity contribution in [3.63, 3.8) is 0 Å². The molecule has 630 valence electrons. The molecule has 17 nitrogen and oxygen atoms in total. The summed E-state index contributed by atoms with van der Waals surface area (Å²) in [7, 11) is -9.93. The first-order chi connectivity index (χ1) is 51.1. The minimum Gasteiger partial charge on any atom is -0.462 e. The highest BCUT2D eigenvalue weighted by Gasteiger charge is 2.31. The van der Waals surface area contributed by atoms with Crippen LogP contribution in [0.15, 0.2) is 0 Å². The first kappa shape index (κ1) is 104. The number of phosphoric ester groups is 2. The molecule has 0 aliphatic rings. The minimum absolute atomic E-state index is 0.107. The Morgan fingerprint density at radius 2 is 0.453 bits per heavy atom. The van der Waals surface area contributed by atoms with E-state index < -0.39 is 97.5 Å². The smallest absolute Gasteiger partial charge is 0.462 e. The molecule has 0 amide bonds. The zero-order valence-corrected chi connectivity index (χ0v) is 71.9. The van der Waals surface area contributed by atoms with Crippen LogP contribution in [0.4, 0.5) is 0 Å². The highest BCUT2D eigenvalue weighted by molar-refractivity contribution is 7.47. The molecule has 0 bridgehead atoms. The van der Waals surface area contributed by atoms with Crippen molar-refractivity contribution in [2.75, 3.05) is 39.6 Å². The van der Waals surface area contributed by atoms with E-state index in [-0.39, 0.29) is 25.7 Å². The average Bonchev–Trinajstić information content (AvgIpc) is 0.903. The molecule has 0 aromatic rings. The van der Waals surface area contributed by atoms with Gasteiger partial charge >= 0.3 is 39.5 Å². The topological polar surface area (TPSA) is 237 Å². The van der Waals surface area contributed by atoms with E-state index in [2.05, 4.69) is 55.4 Å². The van der Waals surface area contributed by atoms with Crippen molar-refractivity contribution in [3.8, 4) is 0 Å². The fourth-order valence-electron chi connectivity index (χ4n) is 13.5. The van der Waals surface area contributed by atoms with Crippen LogP contribution in [-0.4, -0.2) is 96.7 Å². The van der Waals surface area contributed by atoms with Crippen LogP contribution in [0.3, 0.4) is 0 Å². The second kappa shape index (κ2) is 75.7. The summed E-state index contributed by atoms with van der Waals surface area (Å²) in [6.45, 7) is 14.3. The largest absolute Gasteiger partial charge is 0.472 e. The Morgan fingerprint density at radius 3 is 0.670 bits per heavy atom. The normalized spacial score (nSPS) is 14.2. The Hall–Kier alpha value is -1.94. The highest BCUT2D eigenvalue weighted by atomic mass is 31.2. The zero-order valence-electron chi connectivity index (χ0n) is 70.1. The molecule has 0 saturated carbocycles. The van der Waals surface area contributed by atoms with Crippen molar-refractivity contribution in [1.29, 1.82) is 0 Å². The molecule has 0 aliphatic carbocycles. The average molecular weight is 1550 g/mol. The number of rotatable bonds is 84. The first-order valence-corrected chi connectivity index (χ1v) is 47.7. The van der Waals surface area contributed by atoms with Crippen LogP contribution in [0, 0.1) is 23.7 Å². The van der Waals surface area contributed by atoms with Gasteiger partial charge in [-0.1, -0.05) is 402 Å². The van der Waals surface area contributed by atoms with Crippen LogP contribution in [-0.2, 0) is 65.4 Å². The number of phosphoric acid groups is 2. The predicted molar refractivity (Wildman–Crippen MR) is 437 cm³/mol. The molecule has 0 fully saturated rings. The SMILES string of the molecule is CCC(C)CCCCCCCCC(=O)OC[C@H](COP(=O)(O)OC[C@H](O)COP(=O)(O)OC[C@@H](COC(=O)CCCCCCCCCCCCCCCCCCCCC(C)C)OC(=O)CCCCCCCCCCCCCC(C)C)OC(=O)CCCCCCCCCCCCCCCCCCCCC(C)C. The maximum Gasteiger partial charge on any atom is 0.472 e. The summed E-state index contributed by atoms with van der Waals surface area (Å²) in [4.78, 5) is 73.2. The third-order valence-electron chi connectivity index (χ3n) is 20.7. The van der Waals surface area contributed by atoms with E-state index in [1.54, 1.807) is 0 Å². The van der Waals surface area contributed by atoms with Crippen molar-refractivity contribution in [2.45, 2.75) is 472 Å². The maximum atomic E-state index is 13.1. The standard InChI is InChI=1S/C87H170O17P2/c1-9-80(8)66-58-50-45-46-52-60-68-85(90)98-74-83(104-86(91)69-61-53-43-37-31-25-21-17-13-11-15-19-23-28-34-40-48-56-64-78(4)5)76-102-106(95,96)100-72-81(88)71-99-105(93,94)101-75-82(103-87(92)70-62-54-44-38-32-26-29-35-41-49-57-65-79(6)7)73-97-84(89)67-59-51-42-36-30-24-20-16-12-10-14-18-22-27-33-39-47-55-63-77(2)3/h77-83,88H,9-76H2,1-8H3,(H,93,94)(H,95,96)/t80?,81-,82-,83-/m1/s1. The van der Waals surface area contributed by atoms with Crippen molar-refractivity contribution in [2.24, 2.45) is 23.7 Å². The summed E-state index contributed by atoms with van der Waals surface area (Å²) >= 11 is 0. The lowest BCUT2D eigenvalue weighted by Gasteiger charge is -2.21. The molecular formula is C87H170O17P2. The van der Waals surface area contributed by atoms with Gasteiger partial charge in [0.15, 0.2) is 12.2 Å². The Labute approximate surface area is 651 Å². The summed E-state index contributed by atoms with van der Waals surface area (Å²) < 4.78 is 68.9. The number of hydrogen-bond acceptors (Lipinski definition) is 15. The summed E-state index contributed by atoms with van der Waals surface area (Å²) in [6, 6.07) is 0. The molecule has 0 aromatic heterocycles. The van der Waals surface area contributed by atoms with Crippen molar-refractivity contribution < 1.29 is 80.2 Å². The molecule has 0 spiro atoms. The van der Waals surface area contributed by atoms with E-state index in [9.17, 15) is 43.2 Å². The zero-order chi connectivity index (χ0) is 78.1. The molecule has 0 saturated heterocycles. The number of carbonyl (C=O) groups excluding carboxylic acids is 4.